The van der Waals surface area contributed by atoms with Crippen LogP contribution in [0.4, 0.5) is 0 Å². The fourth-order valence-corrected chi connectivity index (χ4v) is 2.71. The average Bonchev–Trinajstić information content (AvgIpc) is 2.66. The molecule has 0 radical (unpaired) electrons. The quantitative estimate of drug-likeness (QED) is 0.497. The first-order chi connectivity index (χ1) is 12.8. The third-order valence-electron chi connectivity index (χ3n) is 4.54. The first-order valence-corrected chi connectivity index (χ1v) is 8.90. The van der Waals surface area contributed by atoms with Crippen molar-refractivity contribution in [1.29, 1.82) is 0 Å². The summed E-state index contributed by atoms with van der Waals surface area (Å²) in [5.41, 5.74) is 5.05. The van der Waals surface area contributed by atoms with E-state index in [1.54, 1.807) is 30.3 Å². The Labute approximate surface area is 158 Å². The minimum absolute atomic E-state index is 0.231. The Morgan fingerprint density at radius 1 is 0.889 bits per heavy atom. The second-order valence-corrected chi connectivity index (χ2v) is 6.87. The van der Waals surface area contributed by atoms with Gasteiger partial charge in [-0.1, -0.05) is 38.1 Å². The number of hydrogen-bond acceptors (Lipinski definition) is 5. The van der Waals surface area contributed by atoms with Gasteiger partial charge in [0, 0.05) is 5.56 Å². The third-order valence-corrected chi connectivity index (χ3v) is 4.54. The van der Waals surface area contributed by atoms with Crippen LogP contribution in [0.1, 0.15) is 57.4 Å². The van der Waals surface area contributed by atoms with Crippen molar-refractivity contribution in [3.05, 3.63) is 70.5 Å². The Bertz CT molecular complexity index is 1010. The molecular weight excluding hydrogens is 340 g/mol. The summed E-state index contributed by atoms with van der Waals surface area (Å²) < 4.78 is 5.19. The van der Waals surface area contributed by atoms with Crippen LogP contribution in [0.2, 0.25) is 0 Å². The molecule has 0 aliphatic carbocycles. The zero-order valence-corrected chi connectivity index (χ0v) is 15.9. The number of rotatable bonds is 5. The van der Waals surface area contributed by atoms with E-state index in [9.17, 15) is 9.59 Å². The molecule has 5 nitrogen and oxygen atoms in total. The number of ketones is 1. The largest absolute Gasteiger partial charge is 0.454 e. The van der Waals surface area contributed by atoms with Crippen molar-refractivity contribution in [1.82, 2.24) is 9.97 Å². The van der Waals surface area contributed by atoms with Gasteiger partial charge >= 0.3 is 5.97 Å². The van der Waals surface area contributed by atoms with Crippen molar-refractivity contribution in [2.45, 2.75) is 33.6 Å². The number of aromatic nitrogens is 2. The van der Waals surface area contributed by atoms with Gasteiger partial charge in [-0.15, -0.1) is 0 Å². The van der Waals surface area contributed by atoms with Crippen LogP contribution in [0.3, 0.4) is 0 Å². The molecule has 0 unspecified atom stereocenters. The molecule has 2 aromatic carbocycles. The van der Waals surface area contributed by atoms with Crippen LogP contribution < -0.4 is 0 Å². The van der Waals surface area contributed by atoms with Gasteiger partial charge in [0.25, 0.3) is 0 Å². The summed E-state index contributed by atoms with van der Waals surface area (Å²) in [6, 6.07) is 12.4. The van der Waals surface area contributed by atoms with E-state index in [1.807, 2.05) is 26.0 Å². The molecule has 0 saturated heterocycles. The minimum Gasteiger partial charge on any atom is -0.454 e. The van der Waals surface area contributed by atoms with Crippen LogP contribution in [0.5, 0.6) is 0 Å². The highest BCUT2D eigenvalue weighted by atomic mass is 16.5. The molecule has 1 heterocycles. The Hall–Kier alpha value is -3.08. The summed E-state index contributed by atoms with van der Waals surface area (Å²) in [6.45, 7) is 7.65. The van der Waals surface area contributed by atoms with Gasteiger partial charge in [-0.3, -0.25) is 4.79 Å². The maximum atomic E-state index is 12.3. The Balaban J connectivity index is 1.69. The molecule has 1 aromatic heterocycles. The standard InChI is InChI=1S/C22H22N2O3/c1-13(2)16-5-7-17(8-6-16)21(25)12-27-22(26)18-9-10-19-20(11-18)24-15(4)14(3)23-19/h5-11,13H,12H2,1-4H3. The van der Waals surface area contributed by atoms with E-state index >= 15 is 0 Å². The van der Waals surface area contributed by atoms with Crippen LogP contribution in [0.25, 0.3) is 11.0 Å². The van der Waals surface area contributed by atoms with Crippen LogP contribution in [-0.2, 0) is 4.74 Å². The Morgan fingerprint density at radius 3 is 2.11 bits per heavy atom. The number of ether oxygens (including phenoxy) is 1. The molecular formula is C22H22N2O3. The molecule has 0 bridgehead atoms. The van der Waals surface area contributed by atoms with Crippen molar-refractivity contribution in [3.63, 3.8) is 0 Å². The summed E-state index contributed by atoms with van der Waals surface area (Å²) in [6.07, 6.45) is 0. The van der Waals surface area contributed by atoms with Crippen molar-refractivity contribution in [2.75, 3.05) is 6.61 Å². The number of nitrogens with zero attached hydrogens (tertiary/aromatic N) is 2. The van der Waals surface area contributed by atoms with Crippen LogP contribution >= 0.6 is 0 Å². The van der Waals surface area contributed by atoms with Gasteiger partial charge < -0.3 is 4.74 Å². The number of carbonyl (C=O) groups excluding carboxylic acids is 2. The van der Waals surface area contributed by atoms with Crippen LogP contribution in [0.15, 0.2) is 42.5 Å². The number of hydrogen-bond donors (Lipinski definition) is 0. The topological polar surface area (TPSA) is 69.2 Å². The lowest BCUT2D eigenvalue weighted by molar-refractivity contribution is 0.0475. The lowest BCUT2D eigenvalue weighted by Gasteiger charge is -2.08. The molecule has 0 spiro atoms. The molecule has 0 atom stereocenters. The lowest BCUT2D eigenvalue weighted by atomic mass is 10.0. The third kappa shape index (κ3) is 4.19. The summed E-state index contributed by atoms with van der Waals surface area (Å²) in [5, 5.41) is 0. The fourth-order valence-electron chi connectivity index (χ4n) is 2.71. The Morgan fingerprint density at radius 2 is 1.48 bits per heavy atom. The summed E-state index contributed by atoms with van der Waals surface area (Å²) in [7, 11) is 0. The molecule has 138 valence electrons. The summed E-state index contributed by atoms with van der Waals surface area (Å²) >= 11 is 0. The Kier molecular flexibility index (Phi) is 5.31. The number of benzene rings is 2. The molecule has 3 rings (SSSR count). The zero-order valence-electron chi connectivity index (χ0n) is 15.9. The van der Waals surface area contributed by atoms with Gasteiger partial charge in [-0.25, -0.2) is 14.8 Å². The van der Waals surface area contributed by atoms with Gasteiger partial charge in [-0.05, 0) is 43.5 Å². The van der Waals surface area contributed by atoms with Gasteiger partial charge in [0.1, 0.15) is 0 Å². The molecule has 0 amide bonds. The van der Waals surface area contributed by atoms with Gasteiger partial charge in [0.2, 0.25) is 0 Å². The smallest absolute Gasteiger partial charge is 0.338 e. The average molecular weight is 362 g/mol. The predicted octanol–water partition coefficient (Wildman–Crippen LogP) is 4.41. The van der Waals surface area contributed by atoms with Gasteiger partial charge in [0.05, 0.1) is 28.0 Å². The highest BCUT2D eigenvalue weighted by molar-refractivity contribution is 6.00. The first-order valence-electron chi connectivity index (χ1n) is 8.90. The minimum atomic E-state index is -0.552. The molecule has 0 aliphatic rings. The maximum Gasteiger partial charge on any atom is 0.338 e. The summed E-state index contributed by atoms with van der Waals surface area (Å²) in [4.78, 5) is 33.4. The molecule has 0 fully saturated rings. The first kappa shape index (κ1) is 18.7. The normalized spacial score (nSPS) is 11.0. The number of aryl methyl sites for hydroxylation is 2. The number of fused-ring (bicyclic) bond motifs is 1. The van der Waals surface area contributed by atoms with E-state index in [2.05, 4.69) is 23.8 Å². The van der Waals surface area contributed by atoms with E-state index in [0.29, 0.717) is 22.6 Å². The molecule has 5 heteroatoms. The van der Waals surface area contributed by atoms with Gasteiger partial charge in [-0.2, -0.15) is 0 Å². The monoisotopic (exact) mass is 362 g/mol. The van der Waals surface area contributed by atoms with Crippen LogP contribution in [-0.4, -0.2) is 28.3 Å². The molecule has 27 heavy (non-hydrogen) atoms. The van der Waals surface area contributed by atoms with Crippen LogP contribution in [0, 0.1) is 13.8 Å². The number of carbonyl (C=O) groups is 2. The van der Waals surface area contributed by atoms with E-state index in [0.717, 1.165) is 22.5 Å². The van der Waals surface area contributed by atoms with Crippen molar-refractivity contribution >= 4 is 22.8 Å². The fraction of sp³-hybridized carbons (Fsp3) is 0.273. The summed E-state index contributed by atoms with van der Waals surface area (Å²) in [5.74, 6) is -0.384. The van der Waals surface area contributed by atoms with Gasteiger partial charge in [0.15, 0.2) is 12.4 Å². The molecule has 0 saturated carbocycles. The number of esters is 1. The van der Waals surface area contributed by atoms with E-state index < -0.39 is 5.97 Å². The van der Waals surface area contributed by atoms with E-state index in [1.165, 1.54) is 0 Å². The van der Waals surface area contributed by atoms with E-state index in [4.69, 9.17) is 4.74 Å². The molecule has 0 N–H and O–H groups in total. The second kappa shape index (κ2) is 7.66. The lowest BCUT2D eigenvalue weighted by Crippen LogP contribution is -2.14. The zero-order chi connectivity index (χ0) is 19.6. The number of Topliss-reactive ketones (excluding diaryl/α,β-unsaturated/α-hetero) is 1. The predicted molar refractivity (Wildman–Crippen MR) is 104 cm³/mol. The molecule has 3 aromatic rings. The van der Waals surface area contributed by atoms with E-state index in [-0.39, 0.29) is 12.4 Å². The van der Waals surface area contributed by atoms with Crippen molar-refractivity contribution < 1.29 is 14.3 Å². The highest BCUT2D eigenvalue weighted by Gasteiger charge is 2.13. The van der Waals surface area contributed by atoms with Crippen molar-refractivity contribution in [2.24, 2.45) is 0 Å². The molecule has 0 aliphatic heterocycles. The van der Waals surface area contributed by atoms with Crippen molar-refractivity contribution in [3.8, 4) is 0 Å². The maximum absolute atomic E-state index is 12.3. The SMILES string of the molecule is Cc1nc2ccc(C(=O)OCC(=O)c3ccc(C(C)C)cc3)cc2nc1C. The second-order valence-electron chi connectivity index (χ2n) is 6.87. The highest BCUT2D eigenvalue weighted by Crippen LogP contribution is 2.17.